The normalized spacial score (nSPS) is 18.8. The van der Waals surface area contributed by atoms with Crippen molar-refractivity contribution in [3.05, 3.63) is 41.9 Å². The number of nitrogens with zero attached hydrogens (tertiary/aromatic N) is 3. The van der Waals surface area contributed by atoms with Gasteiger partial charge < -0.3 is 20.3 Å². The van der Waals surface area contributed by atoms with Crippen LogP contribution in [0.3, 0.4) is 0 Å². The number of amides is 3. The number of anilines is 2. The average molecular weight is 427 g/mol. The summed E-state index contributed by atoms with van der Waals surface area (Å²) in [5.74, 6) is 1.05. The topological polar surface area (TPSA) is 108 Å². The second kappa shape index (κ2) is 10.2. The van der Waals surface area contributed by atoms with Gasteiger partial charge in [0.15, 0.2) is 5.82 Å². The van der Waals surface area contributed by atoms with Crippen LogP contribution in [0.1, 0.15) is 35.8 Å². The summed E-state index contributed by atoms with van der Waals surface area (Å²) in [6.45, 7) is 5.86. The molecule has 0 radical (unpaired) electrons. The highest BCUT2D eigenvalue weighted by Crippen LogP contribution is 2.26. The molecule has 9 nitrogen and oxygen atoms in total. The number of likely N-dealkylation sites (N-methyl/N-ethyl adjacent to an activating group) is 1. The number of likely N-dealkylation sites (tertiary alicyclic amines) is 1. The molecule has 2 atom stereocenters. The minimum absolute atomic E-state index is 0.112. The van der Waals surface area contributed by atoms with Crippen LogP contribution in [-0.2, 0) is 0 Å². The molecule has 1 aliphatic heterocycles. The van der Waals surface area contributed by atoms with Crippen molar-refractivity contribution in [2.45, 2.75) is 32.7 Å². The molecule has 2 unspecified atom stereocenters. The van der Waals surface area contributed by atoms with Crippen molar-refractivity contribution >= 4 is 23.4 Å². The van der Waals surface area contributed by atoms with E-state index in [-0.39, 0.29) is 11.9 Å². The first-order valence-corrected chi connectivity index (χ1v) is 10.4. The van der Waals surface area contributed by atoms with Crippen LogP contribution in [0.15, 0.2) is 30.6 Å². The number of aryl methyl sites for hydroxylation is 1. The molecule has 3 amide bonds. The zero-order chi connectivity index (χ0) is 22.4. The molecule has 0 bridgehead atoms. The second-order valence-corrected chi connectivity index (χ2v) is 7.84. The van der Waals surface area contributed by atoms with Crippen LogP contribution in [0, 0.1) is 12.8 Å². The number of ether oxygens (including phenoxy) is 1. The molecular formula is C22H30N6O3. The Labute approximate surface area is 182 Å². The Morgan fingerprint density at radius 3 is 2.71 bits per heavy atom. The zero-order valence-electron chi connectivity index (χ0n) is 18.4. The van der Waals surface area contributed by atoms with Crippen molar-refractivity contribution < 1.29 is 14.3 Å². The lowest BCUT2D eigenvalue weighted by molar-refractivity contribution is 0.0868. The van der Waals surface area contributed by atoms with Crippen molar-refractivity contribution in [2.75, 3.05) is 37.9 Å². The predicted molar refractivity (Wildman–Crippen MR) is 120 cm³/mol. The van der Waals surface area contributed by atoms with Crippen LogP contribution >= 0.6 is 0 Å². The molecule has 3 rings (SSSR count). The van der Waals surface area contributed by atoms with E-state index >= 15 is 0 Å². The minimum atomic E-state index is -0.482. The zero-order valence-corrected chi connectivity index (χ0v) is 18.4. The lowest BCUT2D eigenvalue weighted by atomic mass is 9.89. The van der Waals surface area contributed by atoms with Crippen molar-refractivity contribution in [2.24, 2.45) is 5.92 Å². The quantitative estimate of drug-likeness (QED) is 0.655. The summed E-state index contributed by atoms with van der Waals surface area (Å²) in [5, 5.41) is 8.49. The van der Waals surface area contributed by atoms with Gasteiger partial charge in [0.05, 0.1) is 30.9 Å². The molecule has 9 heteroatoms. The molecule has 0 aliphatic carbocycles. The number of urea groups is 1. The fourth-order valence-electron chi connectivity index (χ4n) is 3.73. The molecule has 2 aromatic rings. The molecule has 2 heterocycles. The third-order valence-corrected chi connectivity index (χ3v) is 5.53. The van der Waals surface area contributed by atoms with E-state index in [2.05, 4.69) is 44.8 Å². The Balaban J connectivity index is 1.66. The van der Waals surface area contributed by atoms with E-state index in [0.717, 1.165) is 31.6 Å². The van der Waals surface area contributed by atoms with Crippen LogP contribution in [0.5, 0.6) is 5.75 Å². The lowest BCUT2D eigenvalue weighted by Crippen LogP contribution is -2.51. The van der Waals surface area contributed by atoms with Gasteiger partial charge in [-0.2, -0.15) is 0 Å². The summed E-state index contributed by atoms with van der Waals surface area (Å²) in [7, 11) is 3.57. The number of hydrogen-bond acceptors (Lipinski definition) is 6. The van der Waals surface area contributed by atoms with Gasteiger partial charge in [0.1, 0.15) is 5.75 Å². The highest BCUT2D eigenvalue weighted by molar-refractivity contribution is 6.01. The van der Waals surface area contributed by atoms with Crippen molar-refractivity contribution in [3.8, 4) is 5.75 Å². The molecular weight excluding hydrogens is 396 g/mol. The van der Waals surface area contributed by atoms with Gasteiger partial charge in [-0.1, -0.05) is 13.3 Å². The van der Waals surface area contributed by atoms with Crippen LogP contribution in [-0.4, -0.2) is 60.1 Å². The van der Waals surface area contributed by atoms with Crippen molar-refractivity contribution in [3.63, 3.8) is 0 Å². The first kappa shape index (κ1) is 22.5. The van der Waals surface area contributed by atoms with E-state index in [1.807, 2.05) is 6.92 Å². The number of aromatic nitrogens is 2. The predicted octanol–water partition coefficient (Wildman–Crippen LogP) is 2.90. The molecule has 3 N–H and O–H groups in total. The molecule has 0 saturated carbocycles. The average Bonchev–Trinajstić information content (AvgIpc) is 2.75. The fraction of sp³-hybridized carbons (Fsp3) is 0.455. The Hall–Kier alpha value is -3.20. The first-order valence-electron chi connectivity index (χ1n) is 10.4. The summed E-state index contributed by atoms with van der Waals surface area (Å²) in [5.41, 5.74) is 1.68. The molecule has 1 fully saturated rings. The third-order valence-electron chi connectivity index (χ3n) is 5.53. The molecule has 1 aliphatic rings. The largest absolute Gasteiger partial charge is 0.495 e. The lowest BCUT2D eigenvalue weighted by Gasteiger charge is -2.36. The number of carbonyl (C=O) groups excluding carboxylic acids is 2. The van der Waals surface area contributed by atoms with Crippen LogP contribution in [0.25, 0.3) is 0 Å². The summed E-state index contributed by atoms with van der Waals surface area (Å²) in [6, 6.07) is 4.58. The van der Waals surface area contributed by atoms with E-state index in [1.165, 1.54) is 13.3 Å². The molecule has 1 aromatic heterocycles. The highest BCUT2D eigenvalue weighted by Gasteiger charge is 2.28. The van der Waals surface area contributed by atoms with Gasteiger partial charge in [-0.25, -0.2) is 9.78 Å². The van der Waals surface area contributed by atoms with Crippen LogP contribution in [0.2, 0.25) is 0 Å². The van der Waals surface area contributed by atoms with E-state index in [9.17, 15) is 9.59 Å². The molecule has 0 spiro atoms. The standard InChI is InChI=1S/C22H30N6O3/c1-5-15-8-9-28(3)13-18(15)25-21(29)16-6-7-17(19(10-16)31-4)26-22(30)27-20-12-23-14(2)11-24-20/h6-7,10-12,15,18H,5,8-9,13H2,1-4H3,(H,25,29)(H2,24,26,27,30). The highest BCUT2D eigenvalue weighted by atomic mass is 16.5. The Morgan fingerprint density at radius 1 is 1.23 bits per heavy atom. The Bertz CT molecular complexity index is 918. The minimum Gasteiger partial charge on any atom is -0.495 e. The van der Waals surface area contributed by atoms with Gasteiger partial charge in [0, 0.05) is 18.2 Å². The Kier molecular flexibility index (Phi) is 7.41. The van der Waals surface area contributed by atoms with Crippen LogP contribution < -0.4 is 20.7 Å². The van der Waals surface area contributed by atoms with E-state index in [1.54, 1.807) is 24.4 Å². The smallest absolute Gasteiger partial charge is 0.324 e. The number of nitrogens with one attached hydrogen (secondary N) is 3. The number of carbonyl (C=O) groups is 2. The molecule has 166 valence electrons. The molecule has 31 heavy (non-hydrogen) atoms. The Morgan fingerprint density at radius 2 is 2.03 bits per heavy atom. The first-order chi connectivity index (χ1) is 14.9. The van der Waals surface area contributed by atoms with E-state index in [0.29, 0.717) is 28.7 Å². The van der Waals surface area contributed by atoms with Crippen LogP contribution in [0.4, 0.5) is 16.3 Å². The molecule has 1 aromatic carbocycles. The van der Waals surface area contributed by atoms with Gasteiger partial charge >= 0.3 is 6.03 Å². The van der Waals surface area contributed by atoms with Gasteiger partial charge in [-0.15, -0.1) is 0 Å². The van der Waals surface area contributed by atoms with Crippen molar-refractivity contribution in [1.29, 1.82) is 0 Å². The number of hydrogen-bond donors (Lipinski definition) is 3. The number of methoxy groups -OCH3 is 1. The SMILES string of the molecule is CCC1CCN(C)CC1NC(=O)c1ccc(NC(=O)Nc2cnc(C)cn2)c(OC)c1. The second-order valence-electron chi connectivity index (χ2n) is 7.84. The van der Waals surface area contributed by atoms with Gasteiger partial charge in [0.2, 0.25) is 0 Å². The van der Waals surface area contributed by atoms with Gasteiger partial charge in [-0.05, 0) is 51.1 Å². The maximum atomic E-state index is 12.9. The number of rotatable bonds is 6. The third kappa shape index (κ3) is 5.91. The van der Waals surface area contributed by atoms with Gasteiger partial charge in [-0.3, -0.25) is 15.1 Å². The summed E-state index contributed by atoms with van der Waals surface area (Å²) in [4.78, 5) is 35.6. The maximum absolute atomic E-state index is 12.9. The fourth-order valence-corrected chi connectivity index (χ4v) is 3.73. The molecule has 1 saturated heterocycles. The van der Waals surface area contributed by atoms with Crippen molar-refractivity contribution in [1.82, 2.24) is 20.2 Å². The monoisotopic (exact) mass is 426 g/mol. The summed E-state index contributed by atoms with van der Waals surface area (Å²) >= 11 is 0. The summed E-state index contributed by atoms with van der Waals surface area (Å²) in [6.07, 6.45) is 5.15. The number of piperidine rings is 1. The van der Waals surface area contributed by atoms with E-state index < -0.39 is 6.03 Å². The maximum Gasteiger partial charge on any atom is 0.324 e. The number of benzene rings is 1. The van der Waals surface area contributed by atoms with E-state index in [4.69, 9.17) is 4.74 Å². The van der Waals surface area contributed by atoms with Gasteiger partial charge in [0.25, 0.3) is 5.91 Å². The summed E-state index contributed by atoms with van der Waals surface area (Å²) < 4.78 is 5.39.